The smallest absolute Gasteiger partial charge is 0.217 e. The SMILES string of the molecule is COc1ccc(C2=NN3[C@@H](C2)c2cc(Br)cc(Br)c2O[C@H]3c2cccc(OC)c2OC)cc1. The van der Waals surface area contributed by atoms with E-state index in [9.17, 15) is 0 Å². The van der Waals surface area contributed by atoms with Crippen molar-refractivity contribution in [1.29, 1.82) is 0 Å². The molecule has 5 rings (SSSR count). The second-order valence-electron chi connectivity index (χ2n) is 7.73. The number of para-hydroxylation sites is 1. The zero-order chi connectivity index (χ0) is 23.1. The third kappa shape index (κ3) is 3.85. The summed E-state index contributed by atoms with van der Waals surface area (Å²) < 4.78 is 25.0. The maximum Gasteiger partial charge on any atom is 0.217 e. The number of ether oxygens (including phenoxy) is 4. The Kier molecular flexibility index (Phi) is 5.97. The van der Waals surface area contributed by atoms with Crippen molar-refractivity contribution in [3.05, 3.63) is 80.2 Å². The first-order valence-electron chi connectivity index (χ1n) is 10.4. The summed E-state index contributed by atoms with van der Waals surface area (Å²) in [5, 5.41) is 7.07. The summed E-state index contributed by atoms with van der Waals surface area (Å²) >= 11 is 7.31. The number of hydrogen-bond acceptors (Lipinski definition) is 6. The van der Waals surface area contributed by atoms with Crippen LogP contribution in [0, 0.1) is 0 Å². The minimum atomic E-state index is -0.485. The number of fused-ring (bicyclic) bond motifs is 3. The van der Waals surface area contributed by atoms with E-state index in [1.807, 2.05) is 53.5 Å². The summed E-state index contributed by atoms with van der Waals surface area (Å²) in [7, 11) is 4.93. The third-order valence-electron chi connectivity index (χ3n) is 5.93. The molecule has 6 nitrogen and oxygen atoms in total. The first-order chi connectivity index (χ1) is 16.0. The quantitative estimate of drug-likeness (QED) is 0.350. The van der Waals surface area contributed by atoms with E-state index < -0.39 is 6.23 Å². The van der Waals surface area contributed by atoms with Gasteiger partial charge in [-0.3, -0.25) is 0 Å². The summed E-state index contributed by atoms with van der Waals surface area (Å²) in [4.78, 5) is 0. The van der Waals surface area contributed by atoms with E-state index in [0.29, 0.717) is 11.5 Å². The van der Waals surface area contributed by atoms with Crippen LogP contribution in [0.15, 0.2) is 68.6 Å². The topological polar surface area (TPSA) is 52.5 Å². The zero-order valence-electron chi connectivity index (χ0n) is 18.3. The summed E-state index contributed by atoms with van der Waals surface area (Å²) in [5.41, 5.74) is 3.96. The molecule has 2 atom stereocenters. The van der Waals surface area contributed by atoms with Gasteiger partial charge in [0, 0.05) is 16.5 Å². The van der Waals surface area contributed by atoms with Crippen molar-refractivity contribution in [2.75, 3.05) is 21.3 Å². The van der Waals surface area contributed by atoms with Gasteiger partial charge in [0.25, 0.3) is 0 Å². The van der Waals surface area contributed by atoms with E-state index in [0.717, 1.165) is 49.3 Å². The molecule has 0 radical (unpaired) electrons. The normalized spacial score (nSPS) is 18.7. The minimum absolute atomic E-state index is 0.000517. The number of rotatable bonds is 5. The van der Waals surface area contributed by atoms with E-state index >= 15 is 0 Å². The maximum absolute atomic E-state index is 6.58. The lowest BCUT2D eigenvalue weighted by atomic mass is 9.95. The van der Waals surface area contributed by atoms with Gasteiger partial charge in [0.2, 0.25) is 6.23 Å². The molecule has 0 unspecified atom stereocenters. The summed E-state index contributed by atoms with van der Waals surface area (Å²) in [6.45, 7) is 0. The summed E-state index contributed by atoms with van der Waals surface area (Å²) in [5.74, 6) is 2.90. The van der Waals surface area contributed by atoms with Crippen LogP contribution in [-0.2, 0) is 0 Å². The number of methoxy groups -OCH3 is 3. The van der Waals surface area contributed by atoms with Gasteiger partial charge >= 0.3 is 0 Å². The molecular weight excluding hydrogens is 552 g/mol. The van der Waals surface area contributed by atoms with Crippen molar-refractivity contribution >= 4 is 37.6 Å². The fourth-order valence-electron chi connectivity index (χ4n) is 4.38. The van der Waals surface area contributed by atoms with E-state index in [4.69, 9.17) is 24.0 Å². The van der Waals surface area contributed by atoms with Gasteiger partial charge in [-0.2, -0.15) is 5.10 Å². The van der Waals surface area contributed by atoms with Crippen LogP contribution in [-0.4, -0.2) is 32.0 Å². The lowest BCUT2D eigenvalue weighted by molar-refractivity contribution is -0.0212. The molecule has 0 amide bonds. The Bertz CT molecular complexity index is 1230. The fraction of sp³-hybridized carbons (Fsp3) is 0.240. The van der Waals surface area contributed by atoms with E-state index in [1.54, 1.807) is 21.3 Å². The van der Waals surface area contributed by atoms with Crippen LogP contribution in [0.25, 0.3) is 0 Å². The molecule has 0 spiro atoms. The number of hydrogen-bond donors (Lipinski definition) is 0. The molecule has 0 aliphatic carbocycles. The molecule has 0 aromatic heterocycles. The zero-order valence-corrected chi connectivity index (χ0v) is 21.5. The molecule has 33 heavy (non-hydrogen) atoms. The molecule has 2 heterocycles. The molecule has 0 fully saturated rings. The molecular formula is C25H22Br2N2O4. The van der Waals surface area contributed by atoms with Crippen LogP contribution in [0.2, 0.25) is 0 Å². The van der Waals surface area contributed by atoms with Crippen LogP contribution in [0.5, 0.6) is 23.0 Å². The van der Waals surface area contributed by atoms with Crippen LogP contribution in [0.3, 0.4) is 0 Å². The lowest BCUT2D eigenvalue weighted by Gasteiger charge is -2.39. The first kappa shape index (κ1) is 22.1. The monoisotopic (exact) mass is 572 g/mol. The average Bonchev–Trinajstić information content (AvgIpc) is 3.29. The highest BCUT2D eigenvalue weighted by molar-refractivity contribution is 9.11. The second kappa shape index (κ2) is 8.91. The fourth-order valence-corrected chi connectivity index (χ4v) is 5.74. The maximum atomic E-state index is 6.58. The van der Waals surface area contributed by atoms with Crippen molar-refractivity contribution in [2.45, 2.75) is 18.7 Å². The predicted molar refractivity (Wildman–Crippen MR) is 133 cm³/mol. The van der Waals surface area contributed by atoms with Crippen LogP contribution < -0.4 is 18.9 Å². The second-order valence-corrected chi connectivity index (χ2v) is 9.50. The molecule has 0 bridgehead atoms. The summed E-state index contributed by atoms with van der Waals surface area (Å²) in [6, 6.07) is 17.9. The predicted octanol–water partition coefficient (Wildman–Crippen LogP) is 6.48. The van der Waals surface area contributed by atoms with Crippen molar-refractivity contribution in [3.8, 4) is 23.0 Å². The van der Waals surface area contributed by atoms with Crippen molar-refractivity contribution in [2.24, 2.45) is 5.10 Å². The Morgan fingerprint density at radius 1 is 0.939 bits per heavy atom. The Hall–Kier alpha value is -2.71. The Morgan fingerprint density at radius 2 is 1.73 bits per heavy atom. The van der Waals surface area contributed by atoms with Crippen molar-refractivity contribution < 1.29 is 18.9 Å². The van der Waals surface area contributed by atoms with Gasteiger partial charge in [-0.1, -0.05) is 22.0 Å². The molecule has 0 N–H and O–H groups in total. The minimum Gasteiger partial charge on any atom is -0.497 e. The van der Waals surface area contributed by atoms with Gasteiger partial charge in [0.05, 0.1) is 43.1 Å². The molecule has 0 saturated carbocycles. The van der Waals surface area contributed by atoms with E-state index in [2.05, 4.69) is 37.9 Å². The van der Waals surface area contributed by atoms with E-state index in [1.165, 1.54) is 0 Å². The van der Waals surface area contributed by atoms with Gasteiger partial charge in [0.1, 0.15) is 11.5 Å². The van der Waals surface area contributed by atoms with Gasteiger partial charge < -0.3 is 18.9 Å². The standard InChI is InChI=1S/C25H22Br2N2O4/c1-30-16-9-7-14(8-10-16)20-13-21-18-11-15(26)12-19(27)23(18)33-25(29(21)28-20)17-5-4-6-22(31-2)24(17)32-3/h4-12,21,25H,13H2,1-3H3/t21-,25-/m0/s1. The van der Waals surface area contributed by atoms with Crippen LogP contribution in [0.4, 0.5) is 0 Å². The van der Waals surface area contributed by atoms with Gasteiger partial charge in [-0.05, 0) is 70.0 Å². The lowest BCUT2D eigenvalue weighted by Crippen LogP contribution is -2.34. The Balaban J connectivity index is 1.64. The molecule has 3 aromatic carbocycles. The molecule has 0 saturated heterocycles. The molecule has 3 aromatic rings. The van der Waals surface area contributed by atoms with Gasteiger partial charge in [-0.25, -0.2) is 5.01 Å². The largest absolute Gasteiger partial charge is 0.497 e. The molecule has 8 heteroatoms. The van der Waals surface area contributed by atoms with Crippen LogP contribution in [0.1, 0.15) is 35.4 Å². The highest BCUT2D eigenvalue weighted by Gasteiger charge is 2.43. The molecule has 2 aliphatic heterocycles. The highest BCUT2D eigenvalue weighted by atomic mass is 79.9. The van der Waals surface area contributed by atoms with E-state index in [-0.39, 0.29) is 6.04 Å². The number of benzene rings is 3. The molecule has 2 aliphatic rings. The highest BCUT2D eigenvalue weighted by Crippen LogP contribution is 2.52. The Labute approximate surface area is 209 Å². The molecule has 170 valence electrons. The van der Waals surface area contributed by atoms with Gasteiger partial charge in [-0.15, -0.1) is 0 Å². The summed E-state index contributed by atoms with van der Waals surface area (Å²) in [6.07, 6.45) is 0.259. The van der Waals surface area contributed by atoms with Gasteiger partial charge in [0.15, 0.2) is 11.5 Å². The van der Waals surface area contributed by atoms with Crippen LogP contribution >= 0.6 is 31.9 Å². The van der Waals surface area contributed by atoms with Crippen molar-refractivity contribution in [1.82, 2.24) is 5.01 Å². The van der Waals surface area contributed by atoms with Crippen molar-refractivity contribution in [3.63, 3.8) is 0 Å². The number of halogens is 2. The number of nitrogens with zero attached hydrogens (tertiary/aromatic N) is 2. The first-order valence-corrected chi connectivity index (χ1v) is 12.0. The Morgan fingerprint density at radius 3 is 2.42 bits per heavy atom. The third-order valence-corrected chi connectivity index (χ3v) is 6.98. The average molecular weight is 574 g/mol. The number of hydrazone groups is 1.